The molecule has 0 amide bonds. The Bertz CT molecular complexity index is 313. The van der Waals surface area contributed by atoms with Gasteiger partial charge in [-0.3, -0.25) is 4.68 Å². The molecule has 0 unspecified atom stereocenters. The lowest BCUT2D eigenvalue weighted by Crippen LogP contribution is -2.14. The van der Waals surface area contributed by atoms with E-state index in [1.54, 1.807) is 0 Å². The van der Waals surface area contributed by atoms with Crippen LogP contribution in [0, 0.1) is 0 Å². The Kier molecular flexibility index (Phi) is 3.68. The Morgan fingerprint density at radius 1 is 1.40 bits per heavy atom. The maximum absolute atomic E-state index is 6.21. The molecule has 0 bridgehead atoms. The van der Waals surface area contributed by atoms with Gasteiger partial charge in [-0.05, 0) is 25.3 Å². The van der Waals surface area contributed by atoms with Gasteiger partial charge in [0.25, 0.3) is 0 Å². The highest BCUT2D eigenvalue weighted by atomic mass is 35.5. The van der Waals surface area contributed by atoms with Crippen molar-refractivity contribution in [1.82, 2.24) is 9.78 Å². The van der Waals surface area contributed by atoms with Gasteiger partial charge in [-0.15, -0.1) is 0 Å². The molecule has 0 spiro atoms. The number of aryl methyl sites for hydroxylation is 1. The molecular formula is C12H19ClN2. The number of rotatable bonds is 3. The minimum atomic E-state index is 0.553. The Morgan fingerprint density at radius 3 is 2.80 bits per heavy atom. The summed E-state index contributed by atoms with van der Waals surface area (Å²) in [6, 6.07) is 2.58. The first kappa shape index (κ1) is 11.0. The molecule has 0 radical (unpaired) electrons. The van der Waals surface area contributed by atoms with E-state index in [2.05, 4.69) is 12.0 Å². The number of nitrogens with zero attached hydrogens (tertiary/aromatic N) is 2. The molecule has 1 fully saturated rings. The Morgan fingerprint density at radius 2 is 2.13 bits per heavy atom. The number of hydrogen-bond acceptors (Lipinski definition) is 1. The van der Waals surface area contributed by atoms with Crippen LogP contribution < -0.4 is 0 Å². The second-order valence-electron chi connectivity index (χ2n) is 4.44. The lowest BCUT2D eigenvalue weighted by molar-refractivity contribution is 0.328. The summed E-state index contributed by atoms with van der Waals surface area (Å²) in [6.07, 6.45) is 8.68. The van der Waals surface area contributed by atoms with Crippen molar-refractivity contribution >= 4 is 11.6 Å². The summed E-state index contributed by atoms with van der Waals surface area (Å²) in [4.78, 5) is 0. The Labute approximate surface area is 96.6 Å². The summed E-state index contributed by atoms with van der Waals surface area (Å²) in [5, 5.41) is 5.43. The molecule has 2 nitrogen and oxygen atoms in total. The molecule has 0 saturated heterocycles. The van der Waals surface area contributed by atoms with Crippen molar-refractivity contribution in [3.8, 4) is 0 Å². The Balaban J connectivity index is 2.11. The van der Waals surface area contributed by atoms with Gasteiger partial charge in [0, 0.05) is 0 Å². The van der Waals surface area contributed by atoms with Crippen LogP contribution in [-0.2, 0) is 6.42 Å². The second kappa shape index (κ2) is 5.02. The molecule has 84 valence electrons. The molecule has 0 aliphatic heterocycles. The molecule has 1 aliphatic rings. The van der Waals surface area contributed by atoms with Crippen LogP contribution in [0.15, 0.2) is 6.07 Å². The molecule has 0 atom stereocenters. The van der Waals surface area contributed by atoms with Gasteiger partial charge in [0.05, 0.1) is 11.7 Å². The van der Waals surface area contributed by atoms with Crippen molar-refractivity contribution in [3.05, 3.63) is 16.9 Å². The van der Waals surface area contributed by atoms with Crippen LogP contribution >= 0.6 is 11.6 Å². The minimum Gasteiger partial charge on any atom is -0.251 e. The van der Waals surface area contributed by atoms with E-state index in [1.807, 2.05) is 10.7 Å². The van der Waals surface area contributed by atoms with Gasteiger partial charge in [0.1, 0.15) is 5.15 Å². The normalized spacial score (nSPS) is 18.3. The standard InChI is InChI=1S/C12H19ClN2/c1-2-6-10-9-12(13)15(14-10)11-7-4-3-5-8-11/h9,11H,2-8H2,1H3. The fourth-order valence-electron chi connectivity index (χ4n) is 2.38. The van der Waals surface area contributed by atoms with Gasteiger partial charge in [-0.25, -0.2) is 0 Å². The van der Waals surface area contributed by atoms with Crippen LogP contribution in [0.3, 0.4) is 0 Å². The summed E-state index contributed by atoms with van der Waals surface area (Å²) in [6.45, 7) is 2.17. The molecule has 1 aromatic heterocycles. The molecule has 15 heavy (non-hydrogen) atoms. The molecule has 0 N–H and O–H groups in total. The van der Waals surface area contributed by atoms with Crippen molar-refractivity contribution in [1.29, 1.82) is 0 Å². The molecule has 0 aromatic carbocycles. The van der Waals surface area contributed by atoms with E-state index in [9.17, 15) is 0 Å². The zero-order valence-electron chi connectivity index (χ0n) is 9.38. The van der Waals surface area contributed by atoms with Gasteiger partial charge in [0.15, 0.2) is 0 Å². The number of halogens is 1. The van der Waals surface area contributed by atoms with Crippen LogP contribution in [0.2, 0.25) is 5.15 Å². The monoisotopic (exact) mass is 226 g/mol. The summed E-state index contributed by atoms with van der Waals surface area (Å²) < 4.78 is 2.05. The summed E-state index contributed by atoms with van der Waals surface area (Å²) in [5.41, 5.74) is 1.15. The third-order valence-corrected chi connectivity index (χ3v) is 3.45. The van der Waals surface area contributed by atoms with Crippen molar-refractivity contribution < 1.29 is 0 Å². The van der Waals surface area contributed by atoms with E-state index < -0.39 is 0 Å². The van der Waals surface area contributed by atoms with E-state index in [1.165, 1.54) is 32.1 Å². The van der Waals surface area contributed by atoms with Crippen LogP contribution in [0.25, 0.3) is 0 Å². The highest BCUT2D eigenvalue weighted by molar-refractivity contribution is 6.29. The molecule has 3 heteroatoms. The van der Waals surface area contributed by atoms with Gasteiger partial charge < -0.3 is 0 Å². The SMILES string of the molecule is CCCc1cc(Cl)n(C2CCCCC2)n1. The van der Waals surface area contributed by atoms with Crippen LogP contribution in [0.1, 0.15) is 57.2 Å². The minimum absolute atomic E-state index is 0.553. The zero-order valence-corrected chi connectivity index (χ0v) is 10.1. The fourth-order valence-corrected chi connectivity index (χ4v) is 2.68. The van der Waals surface area contributed by atoms with Gasteiger partial charge in [-0.2, -0.15) is 5.10 Å². The first-order valence-electron chi connectivity index (χ1n) is 6.05. The largest absolute Gasteiger partial charge is 0.251 e. The lowest BCUT2D eigenvalue weighted by Gasteiger charge is -2.22. The molecule has 1 aliphatic carbocycles. The van der Waals surface area contributed by atoms with Crippen molar-refractivity contribution in [2.45, 2.75) is 57.9 Å². The maximum Gasteiger partial charge on any atom is 0.127 e. The topological polar surface area (TPSA) is 17.8 Å². The van der Waals surface area contributed by atoms with Crippen molar-refractivity contribution in [3.63, 3.8) is 0 Å². The first-order valence-corrected chi connectivity index (χ1v) is 6.43. The van der Waals surface area contributed by atoms with E-state index in [4.69, 9.17) is 11.6 Å². The predicted molar refractivity (Wildman–Crippen MR) is 63.4 cm³/mol. The van der Waals surface area contributed by atoms with E-state index in [-0.39, 0.29) is 0 Å². The number of aromatic nitrogens is 2. The van der Waals surface area contributed by atoms with Crippen molar-refractivity contribution in [2.24, 2.45) is 0 Å². The maximum atomic E-state index is 6.21. The number of hydrogen-bond donors (Lipinski definition) is 0. The molecule has 1 aromatic rings. The average molecular weight is 227 g/mol. The Hall–Kier alpha value is -0.500. The zero-order chi connectivity index (χ0) is 10.7. The third-order valence-electron chi connectivity index (χ3n) is 3.17. The van der Waals surface area contributed by atoms with Crippen LogP contribution in [0.5, 0.6) is 0 Å². The third kappa shape index (κ3) is 2.54. The van der Waals surface area contributed by atoms with Crippen LogP contribution in [-0.4, -0.2) is 9.78 Å². The van der Waals surface area contributed by atoms with Gasteiger partial charge in [-0.1, -0.05) is 44.2 Å². The van der Waals surface area contributed by atoms with Crippen LogP contribution in [0.4, 0.5) is 0 Å². The highest BCUT2D eigenvalue weighted by Gasteiger charge is 2.18. The van der Waals surface area contributed by atoms with Gasteiger partial charge >= 0.3 is 0 Å². The molecule has 2 rings (SSSR count). The van der Waals surface area contributed by atoms with E-state index in [0.29, 0.717) is 6.04 Å². The average Bonchev–Trinajstić information content (AvgIpc) is 2.61. The second-order valence-corrected chi connectivity index (χ2v) is 4.83. The van der Waals surface area contributed by atoms with Crippen molar-refractivity contribution in [2.75, 3.05) is 0 Å². The predicted octanol–water partition coefficient (Wildman–Crippen LogP) is 3.99. The summed E-state index contributed by atoms with van der Waals surface area (Å²) >= 11 is 6.21. The lowest BCUT2D eigenvalue weighted by atomic mass is 9.96. The quantitative estimate of drug-likeness (QED) is 0.762. The van der Waals surface area contributed by atoms with Gasteiger partial charge in [0.2, 0.25) is 0 Å². The molecular weight excluding hydrogens is 208 g/mol. The highest BCUT2D eigenvalue weighted by Crippen LogP contribution is 2.30. The fraction of sp³-hybridized carbons (Fsp3) is 0.750. The summed E-state index contributed by atoms with van der Waals surface area (Å²) in [7, 11) is 0. The van der Waals surface area contributed by atoms with E-state index in [0.717, 1.165) is 23.7 Å². The molecule has 1 saturated carbocycles. The van der Waals surface area contributed by atoms with E-state index >= 15 is 0 Å². The first-order chi connectivity index (χ1) is 7.31. The smallest absolute Gasteiger partial charge is 0.127 e. The molecule has 1 heterocycles. The summed E-state index contributed by atoms with van der Waals surface area (Å²) in [5.74, 6) is 0.